The third-order valence-electron chi connectivity index (χ3n) is 0.376. The largest absolute Gasteiger partial charge is 2.00 e. The Morgan fingerprint density at radius 3 is 1.88 bits per heavy atom. The van der Waals surface area contributed by atoms with Crippen LogP contribution in [0.4, 0.5) is 0 Å². The Bertz CT molecular complexity index is 95.0. The van der Waals surface area contributed by atoms with Crippen LogP contribution >= 0.6 is 23.2 Å². The van der Waals surface area contributed by atoms with Gasteiger partial charge in [-0.15, -0.1) is 0 Å². The van der Waals surface area contributed by atoms with Gasteiger partial charge in [-0.3, -0.25) is 0 Å². The van der Waals surface area contributed by atoms with Gasteiger partial charge in [0.2, 0.25) is 4.33 Å². The van der Waals surface area contributed by atoms with Gasteiger partial charge in [-0.2, -0.15) is 0 Å². The predicted octanol–water partition coefficient (Wildman–Crippen LogP) is 1.11. The van der Waals surface area contributed by atoms with Gasteiger partial charge in [-0.05, 0) is 6.92 Å². The van der Waals surface area contributed by atoms with Crippen molar-refractivity contribution in [1.82, 2.24) is 0 Å². The summed E-state index contributed by atoms with van der Waals surface area (Å²) < 4.78 is -1.64. The van der Waals surface area contributed by atoms with Gasteiger partial charge in [0.25, 0.3) is 0 Å². The summed E-state index contributed by atoms with van der Waals surface area (Å²) in [6.07, 6.45) is 0. The molecule has 5 heteroatoms. The average molecular weight is 169 g/mol. The molecule has 0 aromatic heterocycles. The Labute approximate surface area is 76.3 Å². The van der Waals surface area contributed by atoms with Gasteiger partial charge in [0, 0.05) is 0 Å². The van der Waals surface area contributed by atoms with Gasteiger partial charge in [0.15, 0.2) is 0 Å². The van der Waals surface area contributed by atoms with Crippen molar-refractivity contribution >= 4 is 52.2 Å². The fraction of sp³-hybridized carbons (Fsp3) is 0.667. The van der Waals surface area contributed by atoms with Crippen LogP contribution in [0.5, 0.6) is 0 Å². The maximum absolute atomic E-state index is 9.76. The molecule has 0 aliphatic rings. The van der Waals surface area contributed by atoms with E-state index in [2.05, 4.69) is 0 Å². The molecule has 0 aromatic rings. The van der Waals surface area contributed by atoms with E-state index in [4.69, 9.17) is 28.3 Å². The number of hydrogen-bond donors (Lipinski definition) is 1. The molecule has 0 atom stereocenters. The molecule has 1 N–H and O–H groups in total. The number of aliphatic carboxylic acids is 1. The van der Waals surface area contributed by atoms with Crippen LogP contribution in [0.3, 0.4) is 0 Å². The fourth-order valence-corrected chi connectivity index (χ4v) is 0. The zero-order valence-electron chi connectivity index (χ0n) is 6.32. The number of carbonyl (C=O) groups is 1. The molecule has 0 unspecified atom stereocenters. The summed E-state index contributed by atoms with van der Waals surface area (Å²) in [5, 5.41) is 7.99. The summed E-state index contributed by atoms with van der Waals surface area (Å²) in [5.41, 5.74) is 0. The van der Waals surface area contributed by atoms with Crippen molar-refractivity contribution in [1.29, 1.82) is 0 Å². The molecule has 0 spiro atoms. The molecule has 8 heavy (non-hydrogen) atoms. The standard InChI is InChI=1S/C3H4Cl2O2.Mg.2H/c1-3(4,5)2(6)7;;;/h1H3,(H,6,7);;;/q;+2;2*-1. The molecule has 46 valence electrons. The molecule has 0 aliphatic carbocycles. The minimum absolute atomic E-state index is 0. The van der Waals surface area contributed by atoms with Crippen LogP contribution in [0.25, 0.3) is 0 Å². The van der Waals surface area contributed by atoms with Gasteiger partial charge >= 0.3 is 29.0 Å². The van der Waals surface area contributed by atoms with Crippen LogP contribution in [-0.4, -0.2) is 38.5 Å². The summed E-state index contributed by atoms with van der Waals surface area (Å²) in [7, 11) is 0. The van der Waals surface area contributed by atoms with Crippen molar-refractivity contribution < 1.29 is 12.8 Å². The molecular weight excluding hydrogens is 163 g/mol. The minimum Gasteiger partial charge on any atom is -1.00 e. The van der Waals surface area contributed by atoms with Crippen LogP contribution < -0.4 is 0 Å². The van der Waals surface area contributed by atoms with Gasteiger partial charge in [-0.25, -0.2) is 4.79 Å². The molecule has 0 fully saturated rings. The van der Waals surface area contributed by atoms with Crippen LogP contribution in [0, 0.1) is 0 Å². The van der Waals surface area contributed by atoms with Crippen molar-refractivity contribution in [3.05, 3.63) is 0 Å². The zero-order chi connectivity index (χ0) is 6.08. The third-order valence-corrected chi connectivity index (χ3v) is 0.699. The van der Waals surface area contributed by atoms with Crippen LogP contribution in [-0.2, 0) is 4.79 Å². The first-order valence-electron chi connectivity index (χ1n) is 1.56. The third kappa shape index (κ3) is 4.96. The minimum atomic E-state index is -1.64. The summed E-state index contributed by atoms with van der Waals surface area (Å²) in [6.45, 7) is 1.19. The fourth-order valence-electron chi connectivity index (χ4n) is 0. The first-order valence-corrected chi connectivity index (χ1v) is 2.31. The van der Waals surface area contributed by atoms with Crippen molar-refractivity contribution in [3.8, 4) is 0 Å². The van der Waals surface area contributed by atoms with E-state index in [1.165, 1.54) is 6.92 Å². The van der Waals surface area contributed by atoms with Crippen molar-refractivity contribution in [2.75, 3.05) is 0 Å². The molecule has 0 saturated heterocycles. The second-order valence-electron chi connectivity index (χ2n) is 1.19. The second kappa shape index (κ2) is 3.77. The number of hydrogen-bond acceptors (Lipinski definition) is 1. The van der Waals surface area contributed by atoms with E-state index in [0.717, 1.165) is 0 Å². The monoisotopic (exact) mass is 168 g/mol. The van der Waals surface area contributed by atoms with Crippen LogP contribution in [0.1, 0.15) is 9.78 Å². The van der Waals surface area contributed by atoms with Crippen molar-refractivity contribution in [2.24, 2.45) is 0 Å². The molecular formula is C3H6Cl2MgO2. The van der Waals surface area contributed by atoms with E-state index in [0.29, 0.717) is 0 Å². The Balaban J connectivity index is -0.0000000600. The van der Waals surface area contributed by atoms with Gasteiger partial charge < -0.3 is 7.96 Å². The first-order chi connectivity index (χ1) is 2.94. The number of alkyl halides is 2. The topological polar surface area (TPSA) is 37.3 Å². The van der Waals surface area contributed by atoms with E-state index in [-0.39, 0.29) is 25.9 Å². The zero-order valence-corrected chi connectivity index (χ0v) is 7.24. The van der Waals surface area contributed by atoms with Gasteiger partial charge in [0.05, 0.1) is 0 Å². The molecule has 2 nitrogen and oxygen atoms in total. The normalized spacial score (nSPS) is 9.88. The number of carboxylic acids is 1. The maximum Gasteiger partial charge on any atom is 2.00 e. The SMILES string of the molecule is CC(Cl)(Cl)C(=O)O.[H-].[H-].[Mg+2]. The van der Waals surface area contributed by atoms with Crippen LogP contribution in [0.2, 0.25) is 0 Å². The van der Waals surface area contributed by atoms with Gasteiger partial charge in [-0.1, -0.05) is 23.2 Å². The predicted molar refractivity (Wildman–Crippen MR) is 35.7 cm³/mol. The molecule has 0 radical (unpaired) electrons. The summed E-state index contributed by atoms with van der Waals surface area (Å²) >= 11 is 10.1. The summed E-state index contributed by atoms with van der Waals surface area (Å²) in [6, 6.07) is 0. The molecule has 0 amide bonds. The van der Waals surface area contributed by atoms with E-state index in [1.54, 1.807) is 0 Å². The van der Waals surface area contributed by atoms with E-state index >= 15 is 0 Å². The van der Waals surface area contributed by atoms with Crippen molar-refractivity contribution in [3.63, 3.8) is 0 Å². The Morgan fingerprint density at radius 2 is 1.88 bits per heavy atom. The molecule has 0 saturated carbocycles. The van der Waals surface area contributed by atoms with Gasteiger partial charge in [0.1, 0.15) is 0 Å². The molecule has 0 heterocycles. The van der Waals surface area contributed by atoms with Crippen molar-refractivity contribution in [2.45, 2.75) is 11.3 Å². The number of halogens is 2. The number of rotatable bonds is 1. The van der Waals surface area contributed by atoms with E-state index in [9.17, 15) is 4.79 Å². The maximum atomic E-state index is 9.76. The average Bonchev–Trinajstić information content (AvgIpc) is 1.31. The van der Waals surface area contributed by atoms with E-state index in [1.807, 2.05) is 0 Å². The molecule has 0 bridgehead atoms. The smallest absolute Gasteiger partial charge is 1.00 e. The Hall–Kier alpha value is 0.816. The van der Waals surface area contributed by atoms with Crippen LogP contribution in [0.15, 0.2) is 0 Å². The molecule has 0 aromatic carbocycles. The quantitative estimate of drug-likeness (QED) is 0.471. The summed E-state index contributed by atoms with van der Waals surface area (Å²) in [5.74, 6) is -1.23. The first kappa shape index (κ1) is 11.6. The van der Waals surface area contributed by atoms with E-state index < -0.39 is 10.3 Å². The molecule has 0 rings (SSSR count). The second-order valence-corrected chi connectivity index (χ2v) is 2.90. The number of carboxylic acid groups (broad SMARTS) is 1. The molecule has 0 aliphatic heterocycles. The summed E-state index contributed by atoms with van der Waals surface area (Å²) in [4.78, 5) is 9.76. The Kier molecular flexibility index (Phi) is 5.46. The Morgan fingerprint density at radius 1 is 1.75 bits per heavy atom.